The zero-order chi connectivity index (χ0) is 20.4. The minimum atomic E-state index is -0.663. The maximum absolute atomic E-state index is 12.6. The first-order valence-electron chi connectivity index (χ1n) is 11.4. The van der Waals surface area contributed by atoms with Crippen molar-refractivity contribution in [3.63, 3.8) is 0 Å². The van der Waals surface area contributed by atoms with Gasteiger partial charge in [-0.3, -0.25) is 0 Å². The summed E-state index contributed by atoms with van der Waals surface area (Å²) in [5, 5.41) is 18.9. The quantitative estimate of drug-likeness (QED) is 0.662. The molecule has 0 spiro atoms. The van der Waals surface area contributed by atoms with Crippen LogP contribution in [0.15, 0.2) is 18.2 Å². The number of urea groups is 1. The van der Waals surface area contributed by atoms with Gasteiger partial charge in [0.25, 0.3) is 0 Å². The number of benzene rings is 1. The summed E-state index contributed by atoms with van der Waals surface area (Å²) in [7, 11) is 0. The molecule has 5 aliphatic carbocycles. The van der Waals surface area contributed by atoms with Crippen molar-refractivity contribution in [2.75, 3.05) is 24.5 Å². The van der Waals surface area contributed by atoms with Crippen molar-refractivity contribution in [3.05, 3.63) is 28.2 Å². The van der Waals surface area contributed by atoms with Gasteiger partial charge in [-0.1, -0.05) is 23.2 Å². The van der Waals surface area contributed by atoms with E-state index in [9.17, 15) is 9.90 Å². The standard InChI is InChI=1S/C23H27Cl2N3O2/c24-16-2-1-11(5-17(16)25)28-4-3-10(8-28)27-22(29)26-9-23(30)20-13-7-14-18-12(13)6-15(20)19(18)21(14)23/h1-2,5,10,12-15,18-21,30H,3-4,6-9H2,(H2,26,27,29). The van der Waals surface area contributed by atoms with Gasteiger partial charge in [-0.05, 0) is 84.8 Å². The number of halogens is 2. The highest BCUT2D eigenvalue weighted by Gasteiger charge is 2.84. The van der Waals surface area contributed by atoms with Crippen molar-refractivity contribution in [1.29, 1.82) is 0 Å². The number of aliphatic hydroxyl groups is 1. The van der Waals surface area contributed by atoms with E-state index in [1.807, 2.05) is 18.2 Å². The molecule has 1 aromatic rings. The summed E-state index contributed by atoms with van der Waals surface area (Å²) in [5.74, 6) is 5.63. The van der Waals surface area contributed by atoms with Crippen molar-refractivity contribution in [3.8, 4) is 0 Å². The molecule has 30 heavy (non-hydrogen) atoms. The highest BCUT2D eigenvalue weighted by atomic mass is 35.5. The lowest BCUT2D eigenvalue weighted by Crippen LogP contribution is -2.60. The Morgan fingerprint density at radius 2 is 1.90 bits per heavy atom. The Balaban J connectivity index is 0.972. The Kier molecular flexibility index (Phi) is 3.68. The number of rotatable bonds is 4. The van der Waals surface area contributed by atoms with Crippen molar-refractivity contribution >= 4 is 34.9 Å². The van der Waals surface area contributed by atoms with Crippen LogP contribution in [0.1, 0.15) is 19.3 Å². The molecule has 6 aliphatic rings. The van der Waals surface area contributed by atoms with Crippen LogP contribution in [0.25, 0.3) is 0 Å². The lowest BCUT2D eigenvalue weighted by molar-refractivity contribution is -0.126. The molecule has 2 amide bonds. The van der Waals surface area contributed by atoms with Crippen LogP contribution in [0.3, 0.4) is 0 Å². The van der Waals surface area contributed by atoms with Gasteiger partial charge >= 0.3 is 6.03 Å². The Bertz CT molecular complexity index is 937. The van der Waals surface area contributed by atoms with E-state index in [0.29, 0.717) is 28.4 Å². The summed E-state index contributed by atoms with van der Waals surface area (Å²) in [4.78, 5) is 14.9. The van der Waals surface area contributed by atoms with Crippen LogP contribution in [0.2, 0.25) is 10.0 Å². The van der Waals surface area contributed by atoms with Crippen LogP contribution in [-0.2, 0) is 0 Å². The Morgan fingerprint density at radius 3 is 2.73 bits per heavy atom. The maximum Gasteiger partial charge on any atom is 0.315 e. The molecule has 7 rings (SSSR count). The summed E-state index contributed by atoms with van der Waals surface area (Å²) in [5.41, 5.74) is 0.364. The molecule has 1 heterocycles. The van der Waals surface area contributed by atoms with Gasteiger partial charge in [-0.15, -0.1) is 0 Å². The topological polar surface area (TPSA) is 64.6 Å². The third-order valence-electron chi connectivity index (χ3n) is 9.84. The molecular formula is C23H27Cl2N3O2. The predicted octanol–water partition coefficient (Wildman–Crippen LogP) is 3.38. The summed E-state index contributed by atoms with van der Waals surface area (Å²) in [6.07, 6.45) is 3.58. The molecule has 5 nitrogen and oxygen atoms in total. The number of hydrogen-bond donors (Lipinski definition) is 3. The van der Waals surface area contributed by atoms with Crippen molar-refractivity contribution < 1.29 is 9.90 Å². The van der Waals surface area contributed by atoms with E-state index in [-0.39, 0.29) is 12.1 Å². The number of hydrogen-bond acceptors (Lipinski definition) is 3. The molecule has 3 N–H and O–H groups in total. The Morgan fingerprint density at radius 1 is 1.10 bits per heavy atom. The Hall–Kier alpha value is -1.17. The first-order chi connectivity index (χ1) is 14.5. The van der Waals surface area contributed by atoms with Crippen molar-refractivity contribution in [1.82, 2.24) is 10.6 Å². The van der Waals surface area contributed by atoms with Gasteiger partial charge in [0.1, 0.15) is 0 Å². The molecule has 2 bridgehead atoms. The molecule has 6 fully saturated rings. The van der Waals surface area contributed by atoms with E-state index in [1.165, 1.54) is 12.8 Å². The zero-order valence-corrected chi connectivity index (χ0v) is 18.2. The van der Waals surface area contributed by atoms with Crippen LogP contribution >= 0.6 is 23.2 Å². The number of fused-ring (bicyclic) bond motifs is 2. The number of carbonyl (C=O) groups is 1. The number of nitrogens with one attached hydrogen (secondary N) is 2. The summed E-state index contributed by atoms with van der Waals surface area (Å²) >= 11 is 12.2. The monoisotopic (exact) mass is 447 g/mol. The van der Waals surface area contributed by atoms with Crippen LogP contribution in [0.5, 0.6) is 0 Å². The van der Waals surface area contributed by atoms with Gasteiger partial charge in [0.05, 0.1) is 15.6 Å². The van der Waals surface area contributed by atoms with E-state index in [4.69, 9.17) is 23.2 Å². The van der Waals surface area contributed by atoms with Gasteiger partial charge in [-0.25, -0.2) is 4.79 Å². The van der Waals surface area contributed by atoms with E-state index >= 15 is 0 Å². The lowest BCUT2D eigenvalue weighted by Gasteiger charge is -2.51. The fraction of sp³-hybridized carbons (Fsp3) is 0.696. The van der Waals surface area contributed by atoms with Crippen molar-refractivity contribution in [2.24, 2.45) is 47.3 Å². The van der Waals surface area contributed by atoms with E-state index < -0.39 is 5.60 Å². The maximum atomic E-state index is 12.6. The molecule has 160 valence electrons. The highest BCUT2D eigenvalue weighted by Crippen LogP contribution is 2.85. The SMILES string of the molecule is O=C(NCC1(O)C2C3CC4C5C3CC2C5C41)NC1CCN(c2ccc(Cl)c(Cl)c2)C1. The third-order valence-corrected chi connectivity index (χ3v) is 10.6. The zero-order valence-electron chi connectivity index (χ0n) is 16.7. The summed E-state index contributed by atoms with van der Waals surface area (Å²) < 4.78 is 0. The molecule has 10 atom stereocenters. The molecular weight excluding hydrogens is 421 g/mol. The van der Waals surface area contributed by atoms with E-state index in [0.717, 1.165) is 60.7 Å². The molecule has 1 aliphatic heterocycles. The minimum absolute atomic E-state index is 0.0891. The average molecular weight is 448 g/mol. The number of anilines is 1. The lowest BCUT2D eigenvalue weighted by atomic mass is 9.56. The van der Waals surface area contributed by atoms with Gasteiger partial charge in [0.2, 0.25) is 0 Å². The number of carbonyl (C=O) groups excluding carboxylic acids is 1. The molecule has 1 saturated heterocycles. The van der Waals surface area contributed by atoms with E-state index in [2.05, 4.69) is 15.5 Å². The Labute approximate surface area is 186 Å². The normalized spacial score (nSPS) is 48.5. The largest absolute Gasteiger partial charge is 0.387 e. The average Bonchev–Trinajstić information content (AvgIpc) is 3.39. The van der Waals surface area contributed by atoms with Crippen molar-refractivity contribution in [2.45, 2.75) is 30.9 Å². The van der Waals surface area contributed by atoms with Gasteiger partial charge in [0.15, 0.2) is 0 Å². The second-order valence-corrected chi connectivity index (χ2v) is 11.5. The fourth-order valence-corrected chi connectivity index (χ4v) is 9.51. The summed E-state index contributed by atoms with van der Waals surface area (Å²) in [6, 6.07) is 5.59. The fourth-order valence-electron chi connectivity index (χ4n) is 9.21. The molecule has 0 radical (unpaired) electrons. The molecule has 10 unspecified atom stereocenters. The molecule has 1 aromatic carbocycles. The highest BCUT2D eigenvalue weighted by molar-refractivity contribution is 6.42. The van der Waals surface area contributed by atoms with E-state index in [1.54, 1.807) is 0 Å². The summed E-state index contributed by atoms with van der Waals surface area (Å²) in [6.45, 7) is 2.03. The first kappa shape index (κ1) is 18.4. The number of amides is 2. The second kappa shape index (κ2) is 5.99. The van der Waals surface area contributed by atoms with Gasteiger partial charge in [0, 0.05) is 31.4 Å². The molecule has 0 aromatic heterocycles. The van der Waals surface area contributed by atoms with Crippen LogP contribution in [-0.4, -0.2) is 42.4 Å². The predicted molar refractivity (Wildman–Crippen MR) is 116 cm³/mol. The van der Waals surface area contributed by atoms with Crippen LogP contribution in [0, 0.1) is 47.3 Å². The van der Waals surface area contributed by atoms with Crippen LogP contribution < -0.4 is 15.5 Å². The third kappa shape index (κ3) is 2.17. The van der Waals surface area contributed by atoms with Gasteiger partial charge in [-0.2, -0.15) is 0 Å². The molecule has 5 saturated carbocycles. The van der Waals surface area contributed by atoms with Gasteiger partial charge < -0.3 is 20.6 Å². The van der Waals surface area contributed by atoms with Crippen LogP contribution in [0.4, 0.5) is 10.5 Å². The number of nitrogens with zero attached hydrogens (tertiary/aromatic N) is 1. The first-order valence-corrected chi connectivity index (χ1v) is 12.2. The smallest absolute Gasteiger partial charge is 0.315 e. The second-order valence-electron chi connectivity index (χ2n) is 10.7. The molecule has 7 heteroatoms. The minimum Gasteiger partial charge on any atom is -0.387 e.